The van der Waals surface area contributed by atoms with Crippen LogP contribution in [0.4, 0.5) is 4.79 Å². The van der Waals surface area contributed by atoms with Crippen molar-refractivity contribution in [3.63, 3.8) is 0 Å². The molecule has 0 spiro atoms. The van der Waals surface area contributed by atoms with Crippen molar-refractivity contribution in [3.8, 4) is 0 Å². The van der Waals surface area contributed by atoms with Gasteiger partial charge in [0, 0.05) is 0 Å². The molecule has 0 aliphatic carbocycles. The molecule has 0 heterocycles. The van der Waals surface area contributed by atoms with Crippen molar-refractivity contribution in [1.82, 2.24) is 10.6 Å². The lowest BCUT2D eigenvalue weighted by atomic mass is 10.2. The third-order valence-electron chi connectivity index (χ3n) is 2.04. The predicted octanol–water partition coefficient (Wildman–Crippen LogP) is -0.680. The molecule has 2 unspecified atom stereocenters. The van der Waals surface area contributed by atoms with Crippen molar-refractivity contribution in [2.75, 3.05) is 6.54 Å². The van der Waals surface area contributed by atoms with Crippen LogP contribution in [0.2, 0.25) is 0 Å². The summed E-state index contributed by atoms with van der Waals surface area (Å²) in [6, 6.07) is -1.36. The first-order valence-electron chi connectivity index (χ1n) is 4.99. The molecule has 0 saturated carbocycles. The average molecular weight is 217 g/mol. The SMILES string of the molecule is CCC(O)CCNC(C)C(=O)NC(N)=O. The second kappa shape index (κ2) is 7.19. The van der Waals surface area contributed by atoms with E-state index < -0.39 is 18.0 Å². The molecule has 0 aromatic heterocycles. The summed E-state index contributed by atoms with van der Waals surface area (Å²) in [6.45, 7) is 4.02. The summed E-state index contributed by atoms with van der Waals surface area (Å²) < 4.78 is 0. The first-order chi connectivity index (χ1) is 6.97. The van der Waals surface area contributed by atoms with Gasteiger partial charge in [-0.2, -0.15) is 0 Å². The fourth-order valence-corrected chi connectivity index (χ4v) is 0.993. The first-order valence-corrected chi connectivity index (χ1v) is 4.99. The highest BCUT2D eigenvalue weighted by Crippen LogP contribution is 1.95. The molecule has 6 nitrogen and oxygen atoms in total. The van der Waals surface area contributed by atoms with E-state index in [1.807, 2.05) is 12.2 Å². The monoisotopic (exact) mass is 217 g/mol. The molecule has 0 rings (SSSR count). The lowest BCUT2D eigenvalue weighted by Gasteiger charge is -2.13. The van der Waals surface area contributed by atoms with E-state index in [4.69, 9.17) is 5.73 Å². The zero-order chi connectivity index (χ0) is 11.8. The van der Waals surface area contributed by atoms with Gasteiger partial charge in [0.2, 0.25) is 5.91 Å². The Hall–Kier alpha value is -1.14. The summed E-state index contributed by atoms with van der Waals surface area (Å²) in [6.07, 6.45) is 0.901. The molecular weight excluding hydrogens is 198 g/mol. The van der Waals surface area contributed by atoms with Gasteiger partial charge in [-0.25, -0.2) is 4.79 Å². The van der Waals surface area contributed by atoms with Crippen LogP contribution >= 0.6 is 0 Å². The number of carbonyl (C=O) groups excluding carboxylic acids is 2. The van der Waals surface area contributed by atoms with Crippen molar-refractivity contribution in [2.24, 2.45) is 5.73 Å². The zero-order valence-electron chi connectivity index (χ0n) is 9.12. The molecule has 15 heavy (non-hydrogen) atoms. The molecule has 0 aromatic carbocycles. The first kappa shape index (κ1) is 13.9. The second-order valence-corrected chi connectivity index (χ2v) is 3.38. The van der Waals surface area contributed by atoms with E-state index in [0.717, 1.165) is 0 Å². The highest BCUT2D eigenvalue weighted by atomic mass is 16.3. The number of primary amides is 1. The Bertz CT molecular complexity index is 221. The van der Waals surface area contributed by atoms with Gasteiger partial charge in [0.05, 0.1) is 12.1 Å². The maximum atomic E-state index is 11.2. The lowest BCUT2D eigenvalue weighted by molar-refractivity contribution is -0.121. The number of aliphatic hydroxyl groups is 1. The molecule has 0 bridgehead atoms. The summed E-state index contributed by atoms with van der Waals surface area (Å²) >= 11 is 0. The van der Waals surface area contributed by atoms with E-state index in [2.05, 4.69) is 5.32 Å². The van der Waals surface area contributed by atoms with Crippen LogP contribution in [-0.2, 0) is 4.79 Å². The van der Waals surface area contributed by atoms with Gasteiger partial charge in [0.15, 0.2) is 0 Å². The van der Waals surface area contributed by atoms with Crippen molar-refractivity contribution in [3.05, 3.63) is 0 Å². The molecule has 0 saturated heterocycles. The maximum absolute atomic E-state index is 11.2. The van der Waals surface area contributed by atoms with E-state index in [1.165, 1.54) is 0 Å². The smallest absolute Gasteiger partial charge is 0.318 e. The summed E-state index contributed by atoms with van der Waals surface area (Å²) in [4.78, 5) is 21.5. The molecule has 5 N–H and O–H groups in total. The molecule has 0 aliphatic heterocycles. The normalized spacial score (nSPS) is 14.3. The maximum Gasteiger partial charge on any atom is 0.318 e. The quantitative estimate of drug-likeness (QED) is 0.473. The number of hydrogen-bond acceptors (Lipinski definition) is 4. The van der Waals surface area contributed by atoms with Gasteiger partial charge in [0.1, 0.15) is 0 Å². The van der Waals surface area contributed by atoms with Gasteiger partial charge in [-0.3, -0.25) is 10.1 Å². The number of urea groups is 1. The summed E-state index contributed by atoms with van der Waals surface area (Å²) in [7, 11) is 0. The van der Waals surface area contributed by atoms with Gasteiger partial charge in [-0.1, -0.05) is 6.92 Å². The average Bonchev–Trinajstić information content (AvgIpc) is 2.16. The molecule has 0 aromatic rings. The number of nitrogens with one attached hydrogen (secondary N) is 2. The van der Waals surface area contributed by atoms with Crippen molar-refractivity contribution >= 4 is 11.9 Å². The van der Waals surface area contributed by atoms with E-state index >= 15 is 0 Å². The Balaban J connectivity index is 3.68. The number of aliphatic hydroxyl groups excluding tert-OH is 1. The molecule has 2 atom stereocenters. The molecule has 6 heteroatoms. The topological polar surface area (TPSA) is 104 Å². The van der Waals surface area contributed by atoms with E-state index in [1.54, 1.807) is 6.92 Å². The minimum atomic E-state index is -0.859. The third-order valence-corrected chi connectivity index (χ3v) is 2.04. The van der Waals surface area contributed by atoms with Gasteiger partial charge < -0.3 is 16.2 Å². The Labute approximate surface area is 89.2 Å². The van der Waals surface area contributed by atoms with Crippen LogP contribution in [0.3, 0.4) is 0 Å². The second-order valence-electron chi connectivity index (χ2n) is 3.38. The fourth-order valence-electron chi connectivity index (χ4n) is 0.993. The van der Waals surface area contributed by atoms with Gasteiger partial charge >= 0.3 is 6.03 Å². The number of carbonyl (C=O) groups is 2. The van der Waals surface area contributed by atoms with E-state index in [-0.39, 0.29) is 6.10 Å². The Morgan fingerprint density at radius 1 is 1.47 bits per heavy atom. The molecule has 88 valence electrons. The lowest BCUT2D eigenvalue weighted by Crippen LogP contribution is -2.46. The standard InChI is InChI=1S/C9H19N3O3/c1-3-7(13)4-5-11-6(2)8(14)12-9(10)15/h6-7,11,13H,3-5H2,1-2H3,(H3,10,12,14,15). The fraction of sp³-hybridized carbons (Fsp3) is 0.778. The number of hydrogen-bond donors (Lipinski definition) is 4. The number of rotatable bonds is 6. The number of amides is 3. The Kier molecular flexibility index (Phi) is 6.64. The largest absolute Gasteiger partial charge is 0.393 e. The molecule has 0 radical (unpaired) electrons. The van der Waals surface area contributed by atoms with Gasteiger partial charge in [-0.15, -0.1) is 0 Å². The minimum Gasteiger partial charge on any atom is -0.393 e. The highest BCUT2D eigenvalue weighted by molar-refractivity contribution is 5.96. The zero-order valence-corrected chi connectivity index (χ0v) is 9.12. The predicted molar refractivity (Wildman–Crippen MR) is 56.1 cm³/mol. The molecular formula is C9H19N3O3. The van der Waals surface area contributed by atoms with Crippen LogP contribution in [0.25, 0.3) is 0 Å². The third kappa shape index (κ3) is 6.87. The van der Waals surface area contributed by atoms with Crippen molar-refractivity contribution < 1.29 is 14.7 Å². The molecule has 0 fully saturated rings. The van der Waals surface area contributed by atoms with Crippen molar-refractivity contribution in [2.45, 2.75) is 38.8 Å². The van der Waals surface area contributed by atoms with Crippen LogP contribution in [-0.4, -0.2) is 35.7 Å². The van der Waals surface area contributed by atoms with E-state index in [9.17, 15) is 14.7 Å². The van der Waals surface area contributed by atoms with Crippen LogP contribution in [0.5, 0.6) is 0 Å². The Morgan fingerprint density at radius 3 is 2.53 bits per heavy atom. The van der Waals surface area contributed by atoms with Crippen LogP contribution in [0, 0.1) is 0 Å². The van der Waals surface area contributed by atoms with E-state index in [0.29, 0.717) is 19.4 Å². The highest BCUT2D eigenvalue weighted by Gasteiger charge is 2.13. The summed E-state index contributed by atoms with van der Waals surface area (Å²) in [5, 5.41) is 14.1. The molecule has 3 amide bonds. The van der Waals surface area contributed by atoms with Crippen LogP contribution in [0.15, 0.2) is 0 Å². The van der Waals surface area contributed by atoms with Gasteiger partial charge in [-0.05, 0) is 26.3 Å². The van der Waals surface area contributed by atoms with Crippen molar-refractivity contribution in [1.29, 1.82) is 0 Å². The van der Waals surface area contributed by atoms with Gasteiger partial charge in [0.25, 0.3) is 0 Å². The summed E-state index contributed by atoms with van der Waals surface area (Å²) in [5.74, 6) is -0.464. The van der Waals surface area contributed by atoms with Crippen LogP contribution in [0.1, 0.15) is 26.7 Å². The minimum absolute atomic E-state index is 0.357. The number of nitrogens with two attached hydrogens (primary N) is 1. The molecule has 0 aliphatic rings. The number of imide groups is 1. The van der Waals surface area contributed by atoms with Crippen LogP contribution < -0.4 is 16.4 Å². The summed E-state index contributed by atoms with van der Waals surface area (Å²) in [5.41, 5.74) is 4.79. The Morgan fingerprint density at radius 2 is 2.07 bits per heavy atom.